The van der Waals surface area contributed by atoms with Crippen LogP contribution in [0.15, 0.2) is 93.6 Å². The van der Waals surface area contributed by atoms with Gasteiger partial charge in [0.2, 0.25) is 0 Å². The van der Waals surface area contributed by atoms with E-state index in [1.165, 1.54) is 11.8 Å². The summed E-state index contributed by atoms with van der Waals surface area (Å²) in [4.78, 5) is 12.4. The van der Waals surface area contributed by atoms with E-state index in [2.05, 4.69) is 36.7 Å². The number of rotatable bonds is 8. The van der Waals surface area contributed by atoms with Crippen molar-refractivity contribution in [3.8, 4) is 22.8 Å². The van der Waals surface area contributed by atoms with Crippen LogP contribution < -0.4 is 10.2 Å². The van der Waals surface area contributed by atoms with E-state index in [-0.39, 0.29) is 11.7 Å². The Bertz CT molecular complexity index is 1260. The summed E-state index contributed by atoms with van der Waals surface area (Å²) in [6, 6.07) is 25.1. The Hall–Kier alpha value is -3.43. The number of nitrogens with one attached hydrogen (secondary N) is 1. The summed E-state index contributed by atoms with van der Waals surface area (Å²) in [5.74, 6) is 1.34. The van der Waals surface area contributed by atoms with Crippen molar-refractivity contribution in [3.05, 3.63) is 88.9 Å². The highest BCUT2D eigenvalue weighted by Gasteiger charge is 2.17. The van der Waals surface area contributed by atoms with Gasteiger partial charge in [-0.3, -0.25) is 9.36 Å². The monoisotopic (exact) mass is 521 g/mol. The maximum absolute atomic E-state index is 12.4. The topological polar surface area (TPSA) is 81.4 Å². The number of hydrazone groups is 1. The van der Waals surface area contributed by atoms with E-state index in [9.17, 15) is 4.79 Å². The number of nitrogens with zero attached hydrogens (tertiary/aromatic N) is 4. The lowest BCUT2D eigenvalue weighted by atomic mass is 10.2. The molecule has 0 atom stereocenters. The smallest absolute Gasteiger partial charge is 0.250 e. The second-order valence-electron chi connectivity index (χ2n) is 6.84. The number of carbonyl (C=O) groups is 1. The average molecular weight is 522 g/mol. The number of methoxy groups -OCH3 is 1. The van der Waals surface area contributed by atoms with Gasteiger partial charge in [0.1, 0.15) is 5.75 Å². The predicted octanol–water partition coefficient (Wildman–Crippen LogP) is 4.95. The summed E-state index contributed by atoms with van der Waals surface area (Å²) >= 11 is 4.70. The second kappa shape index (κ2) is 10.9. The van der Waals surface area contributed by atoms with Crippen LogP contribution in [0.4, 0.5) is 0 Å². The highest BCUT2D eigenvalue weighted by molar-refractivity contribution is 9.10. The van der Waals surface area contributed by atoms with Crippen molar-refractivity contribution in [2.24, 2.45) is 5.10 Å². The van der Waals surface area contributed by atoms with Crippen molar-refractivity contribution in [1.29, 1.82) is 0 Å². The number of aromatic nitrogens is 3. The zero-order valence-electron chi connectivity index (χ0n) is 17.7. The molecule has 33 heavy (non-hydrogen) atoms. The van der Waals surface area contributed by atoms with Gasteiger partial charge in [-0.15, -0.1) is 10.2 Å². The third kappa shape index (κ3) is 5.88. The summed E-state index contributed by atoms with van der Waals surface area (Å²) in [7, 11) is 1.63. The SMILES string of the molecule is COc1ccc(-n2c(SCC(=O)NN=Cc3cccc(Br)c3)nnc2-c2ccccc2)cc1. The zero-order valence-corrected chi connectivity index (χ0v) is 20.1. The molecule has 1 amide bonds. The summed E-state index contributed by atoms with van der Waals surface area (Å²) in [6.45, 7) is 0. The van der Waals surface area contributed by atoms with Gasteiger partial charge in [-0.05, 0) is 42.0 Å². The summed E-state index contributed by atoms with van der Waals surface area (Å²) in [5.41, 5.74) is 5.23. The normalized spacial score (nSPS) is 11.0. The Morgan fingerprint density at radius 1 is 1.09 bits per heavy atom. The van der Waals surface area contributed by atoms with Crippen molar-refractivity contribution in [3.63, 3.8) is 0 Å². The molecule has 0 aliphatic rings. The van der Waals surface area contributed by atoms with E-state index in [4.69, 9.17) is 4.74 Å². The molecule has 3 aromatic carbocycles. The van der Waals surface area contributed by atoms with Crippen molar-refractivity contribution >= 4 is 39.8 Å². The minimum Gasteiger partial charge on any atom is -0.497 e. The third-order valence-electron chi connectivity index (χ3n) is 4.58. The molecular weight excluding hydrogens is 502 g/mol. The highest BCUT2D eigenvalue weighted by atomic mass is 79.9. The maximum atomic E-state index is 12.4. The number of halogens is 1. The number of benzene rings is 3. The Balaban J connectivity index is 1.51. The van der Waals surface area contributed by atoms with Crippen molar-refractivity contribution in [2.75, 3.05) is 12.9 Å². The lowest BCUT2D eigenvalue weighted by Gasteiger charge is -2.11. The van der Waals surface area contributed by atoms with Gasteiger partial charge in [-0.2, -0.15) is 5.10 Å². The fourth-order valence-electron chi connectivity index (χ4n) is 3.03. The largest absolute Gasteiger partial charge is 0.497 e. The molecule has 0 unspecified atom stereocenters. The van der Waals surface area contributed by atoms with Crippen LogP contribution in [0.3, 0.4) is 0 Å². The minimum atomic E-state index is -0.239. The lowest BCUT2D eigenvalue weighted by Crippen LogP contribution is -2.20. The molecule has 0 aliphatic carbocycles. The molecule has 166 valence electrons. The first-order valence-corrected chi connectivity index (χ1v) is 11.8. The fraction of sp³-hybridized carbons (Fsp3) is 0.0833. The van der Waals surface area contributed by atoms with Gasteiger partial charge in [-0.25, -0.2) is 5.43 Å². The summed E-state index contributed by atoms with van der Waals surface area (Å²) in [5, 5.41) is 13.4. The van der Waals surface area contributed by atoms with Gasteiger partial charge in [0.15, 0.2) is 11.0 Å². The van der Waals surface area contributed by atoms with E-state index >= 15 is 0 Å². The molecule has 0 bridgehead atoms. The molecule has 4 rings (SSSR count). The van der Waals surface area contributed by atoms with E-state index in [1.807, 2.05) is 83.4 Å². The number of carbonyl (C=O) groups excluding carboxylic acids is 1. The Morgan fingerprint density at radius 2 is 1.88 bits per heavy atom. The second-order valence-corrected chi connectivity index (χ2v) is 8.70. The van der Waals surface area contributed by atoms with Crippen LogP contribution in [0.2, 0.25) is 0 Å². The summed E-state index contributed by atoms with van der Waals surface area (Å²) in [6.07, 6.45) is 1.60. The molecule has 9 heteroatoms. The molecule has 1 aromatic heterocycles. The Morgan fingerprint density at radius 3 is 2.61 bits per heavy atom. The maximum Gasteiger partial charge on any atom is 0.250 e. The first-order valence-electron chi connectivity index (χ1n) is 9.99. The molecule has 0 saturated carbocycles. The highest BCUT2D eigenvalue weighted by Crippen LogP contribution is 2.28. The van der Waals surface area contributed by atoms with E-state index in [0.29, 0.717) is 11.0 Å². The number of ether oxygens (including phenoxy) is 1. The van der Waals surface area contributed by atoms with Crippen molar-refractivity contribution in [2.45, 2.75) is 5.16 Å². The predicted molar refractivity (Wildman–Crippen MR) is 134 cm³/mol. The van der Waals surface area contributed by atoms with Gasteiger partial charge < -0.3 is 4.74 Å². The standard InChI is InChI=1S/C24H20BrN5O2S/c1-32-21-12-10-20(11-13-21)30-23(18-7-3-2-4-8-18)28-29-24(30)33-16-22(31)27-26-15-17-6-5-9-19(25)14-17/h2-15H,16H2,1H3,(H,27,31). The quantitative estimate of drug-likeness (QED) is 0.201. The molecule has 0 fully saturated rings. The van der Waals surface area contributed by atoms with Gasteiger partial charge >= 0.3 is 0 Å². The van der Waals surface area contributed by atoms with Crippen LogP contribution in [-0.4, -0.2) is 39.7 Å². The molecule has 7 nitrogen and oxygen atoms in total. The van der Waals surface area contributed by atoms with Crippen LogP contribution in [0, 0.1) is 0 Å². The van der Waals surface area contributed by atoms with Crippen LogP contribution >= 0.6 is 27.7 Å². The van der Waals surface area contributed by atoms with Gasteiger partial charge in [-0.1, -0.05) is 70.2 Å². The molecule has 0 saturated heterocycles. The first kappa shape index (κ1) is 22.8. The van der Waals surface area contributed by atoms with Gasteiger partial charge in [0.25, 0.3) is 5.91 Å². The third-order valence-corrected chi connectivity index (χ3v) is 6.00. The zero-order chi connectivity index (χ0) is 23.0. The lowest BCUT2D eigenvalue weighted by molar-refractivity contribution is -0.118. The molecule has 0 aliphatic heterocycles. The Kier molecular flexibility index (Phi) is 7.54. The number of amides is 1. The van der Waals surface area contributed by atoms with Gasteiger partial charge in [0, 0.05) is 15.7 Å². The molecule has 1 N–H and O–H groups in total. The van der Waals surface area contributed by atoms with E-state index < -0.39 is 0 Å². The fourth-order valence-corrected chi connectivity index (χ4v) is 4.19. The molecular formula is C24H20BrN5O2S. The molecule has 1 heterocycles. The van der Waals surface area contributed by atoms with E-state index in [1.54, 1.807) is 13.3 Å². The molecule has 0 radical (unpaired) electrons. The minimum absolute atomic E-state index is 0.138. The number of thioether (sulfide) groups is 1. The van der Waals surface area contributed by atoms with E-state index in [0.717, 1.165) is 27.0 Å². The van der Waals surface area contributed by atoms with Crippen LogP contribution in [0.1, 0.15) is 5.56 Å². The molecule has 4 aromatic rings. The van der Waals surface area contributed by atoms with Crippen LogP contribution in [0.5, 0.6) is 5.75 Å². The van der Waals surface area contributed by atoms with Crippen LogP contribution in [0.25, 0.3) is 17.1 Å². The molecule has 0 spiro atoms. The van der Waals surface area contributed by atoms with Crippen LogP contribution in [-0.2, 0) is 4.79 Å². The number of hydrogen-bond acceptors (Lipinski definition) is 6. The summed E-state index contributed by atoms with van der Waals surface area (Å²) < 4.78 is 8.14. The van der Waals surface area contributed by atoms with Crippen molar-refractivity contribution in [1.82, 2.24) is 20.2 Å². The number of hydrogen-bond donors (Lipinski definition) is 1. The van der Waals surface area contributed by atoms with Crippen molar-refractivity contribution < 1.29 is 9.53 Å². The first-order chi connectivity index (χ1) is 16.1. The Labute approximate surface area is 204 Å². The average Bonchev–Trinajstić information content (AvgIpc) is 3.27. The van der Waals surface area contributed by atoms with Gasteiger partial charge in [0.05, 0.1) is 19.1 Å².